The van der Waals surface area contributed by atoms with E-state index in [0.29, 0.717) is 17.0 Å². The summed E-state index contributed by atoms with van der Waals surface area (Å²) in [4.78, 5) is 24.5. The molecule has 2 atom stereocenters. The van der Waals surface area contributed by atoms with E-state index < -0.39 is 17.3 Å². The second-order valence-electron chi connectivity index (χ2n) is 9.36. The fourth-order valence-electron chi connectivity index (χ4n) is 3.61. The van der Waals surface area contributed by atoms with Crippen molar-refractivity contribution in [3.8, 4) is 0 Å². The van der Waals surface area contributed by atoms with E-state index in [-0.39, 0.29) is 22.6 Å². The average molecular weight is 458 g/mol. The van der Waals surface area contributed by atoms with Crippen LogP contribution in [0, 0.1) is 11.8 Å². The van der Waals surface area contributed by atoms with Gasteiger partial charge in [-0.3, -0.25) is 20.4 Å². The molecule has 32 heavy (non-hydrogen) atoms. The molecule has 0 heterocycles. The summed E-state index contributed by atoms with van der Waals surface area (Å²) in [7, 11) is 0. The molecule has 0 saturated heterocycles. The molecule has 0 fully saturated rings. The number of benzene rings is 2. The van der Waals surface area contributed by atoms with Crippen molar-refractivity contribution in [2.24, 2.45) is 11.8 Å². The number of hydrazine groups is 1. The van der Waals surface area contributed by atoms with Gasteiger partial charge in [0.2, 0.25) is 0 Å². The third kappa shape index (κ3) is 7.36. The van der Waals surface area contributed by atoms with Gasteiger partial charge >= 0.3 is 0 Å². The largest absolute Gasteiger partial charge is 0.598 e. The number of carbonyl (C=O) groups is 2. The smallest absolute Gasteiger partial charge is 0.269 e. The van der Waals surface area contributed by atoms with Crippen molar-refractivity contribution in [2.75, 3.05) is 0 Å². The Kier molecular flexibility index (Phi) is 9.31. The van der Waals surface area contributed by atoms with E-state index in [1.54, 1.807) is 36.4 Å². The molecule has 6 nitrogen and oxygen atoms in total. The summed E-state index contributed by atoms with van der Waals surface area (Å²) in [5, 5.41) is 0. The summed E-state index contributed by atoms with van der Waals surface area (Å²) in [6, 6.07) is 15.7. The molecule has 2 amide bonds. The van der Waals surface area contributed by atoms with E-state index in [4.69, 9.17) is 0 Å². The maximum atomic E-state index is 13.0. The van der Waals surface area contributed by atoms with Crippen molar-refractivity contribution < 1.29 is 14.1 Å². The fraction of sp³-hybridized carbons (Fsp3) is 0.440. The van der Waals surface area contributed by atoms with E-state index >= 15 is 0 Å². The molecule has 2 aromatic carbocycles. The van der Waals surface area contributed by atoms with Crippen LogP contribution >= 0.6 is 0 Å². The molecule has 0 aliphatic heterocycles. The van der Waals surface area contributed by atoms with Crippen LogP contribution in [-0.2, 0) is 11.4 Å². The lowest BCUT2D eigenvalue weighted by molar-refractivity contribution is 0.0846. The van der Waals surface area contributed by atoms with E-state index in [1.807, 2.05) is 32.0 Å². The van der Waals surface area contributed by atoms with Crippen LogP contribution in [-0.4, -0.2) is 21.1 Å². The minimum absolute atomic E-state index is 0.114. The first-order valence-electron chi connectivity index (χ1n) is 10.9. The molecule has 0 aromatic heterocycles. The van der Waals surface area contributed by atoms with Gasteiger partial charge in [0, 0.05) is 28.9 Å². The summed E-state index contributed by atoms with van der Waals surface area (Å²) < 4.78 is 16.0. The normalized spacial score (nSPS) is 13.7. The van der Waals surface area contributed by atoms with Crippen LogP contribution in [0.25, 0.3) is 0 Å². The van der Waals surface area contributed by atoms with E-state index in [9.17, 15) is 14.1 Å². The van der Waals surface area contributed by atoms with E-state index in [2.05, 4.69) is 43.3 Å². The zero-order valence-electron chi connectivity index (χ0n) is 19.8. The highest BCUT2D eigenvalue weighted by atomic mass is 32.2. The van der Waals surface area contributed by atoms with Gasteiger partial charge in [0.05, 0.1) is 6.04 Å². The Morgan fingerprint density at radius 2 is 1.38 bits per heavy atom. The highest BCUT2D eigenvalue weighted by molar-refractivity contribution is 7.90. The number of amides is 2. The summed E-state index contributed by atoms with van der Waals surface area (Å²) in [5.74, 6) is -0.130. The Bertz CT molecular complexity index is 883. The van der Waals surface area contributed by atoms with Gasteiger partial charge in [-0.25, -0.2) is 0 Å². The highest BCUT2D eigenvalue weighted by Crippen LogP contribution is 2.29. The second-order valence-corrected chi connectivity index (χ2v) is 11.2. The fourth-order valence-corrected chi connectivity index (χ4v) is 5.05. The zero-order chi connectivity index (χ0) is 23.9. The minimum Gasteiger partial charge on any atom is -0.598 e. The van der Waals surface area contributed by atoms with E-state index in [1.165, 1.54) is 0 Å². The zero-order valence-corrected chi connectivity index (χ0v) is 20.6. The molecule has 0 aliphatic rings. The maximum Gasteiger partial charge on any atom is 0.269 e. The van der Waals surface area contributed by atoms with Crippen molar-refractivity contribution >= 4 is 23.2 Å². The van der Waals surface area contributed by atoms with E-state index in [0.717, 1.165) is 12.0 Å². The molecule has 0 radical (unpaired) electrons. The Labute approximate surface area is 194 Å². The van der Waals surface area contributed by atoms with Gasteiger partial charge in [-0.1, -0.05) is 58.0 Å². The van der Waals surface area contributed by atoms with Gasteiger partial charge in [-0.2, -0.15) is 0 Å². The monoisotopic (exact) mass is 457 g/mol. The third-order valence-corrected chi connectivity index (χ3v) is 6.80. The summed E-state index contributed by atoms with van der Waals surface area (Å²) in [6.45, 7) is 12.4. The van der Waals surface area contributed by atoms with Crippen molar-refractivity contribution in [1.29, 1.82) is 0 Å². The molecular weight excluding hydrogens is 422 g/mol. The first-order chi connectivity index (χ1) is 15.0. The number of nitrogens with one attached hydrogen (secondary N) is 3. The Balaban J connectivity index is 2.03. The average Bonchev–Trinajstić information content (AvgIpc) is 2.75. The lowest BCUT2D eigenvalue weighted by atomic mass is 9.96. The van der Waals surface area contributed by atoms with Crippen LogP contribution in [0.1, 0.15) is 80.3 Å². The van der Waals surface area contributed by atoms with Gasteiger partial charge in [-0.15, -0.1) is 4.72 Å². The lowest BCUT2D eigenvalue weighted by Crippen LogP contribution is -2.45. The molecule has 1 unspecified atom stereocenters. The quantitative estimate of drug-likeness (QED) is 0.381. The number of hydrogen-bond acceptors (Lipinski definition) is 4. The van der Waals surface area contributed by atoms with Crippen LogP contribution in [0.2, 0.25) is 0 Å². The van der Waals surface area contributed by atoms with Crippen LogP contribution < -0.4 is 15.6 Å². The predicted molar refractivity (Wildman–Crippen MR) is 130 cm³/mol. The second kappa shape index (κ2) is 11.5. The number of rotatable bonds is 9. The van der Waals surface area contributed by atoms with Gasteiger partial charge in [0.15, 0.2) is 0 Å². The van der Waals surface area contributed by atoms with Crippen LogP contribution in [0.5, 0.6) is 0 Å². The maximum absolute atomic E-state index is 13.0. The lowest BCUT2D eigenvalue weighted by Gasteiger charge is -2.33. The Morgan fingerprint density at radius 1 is 0.875 bits per heavy atom. The molecule has 174 valence electrons. The SMILES string of the molecule is CC(C)CC(C)(C)[S+]([O-])N[C@H](c1ccc(C(=O)NNC(=O)c2ccccc2)cc1)C(C)C. The molecule has 0 aliphatic carbocycles. The molecule has 0 spiro atoms. The predicted octanol–water partition coefficient (Wildman–Crippen LogP) is 4.54. The van der Waals surface area contributed by atoms with Crippen LogP contribution in [0.3, 0.4) is 0 Å². The highest BCUT2D eigenvalue weighted by Gasteiger charge is 2.36. The number of carbonyl (C=O) groups excluding carboxylic acids is 2. The molecule has 0 bridgehead atoms. The minimum atomic E-state index is -1.22. The molecule has 3 N–H and O–H groups in total. The van der Waals surface area contributed by atoms with Crippen LogP contribution in [0.15, 0.2) is 54.6 Å². The topological polar surface area (TPSA) is 93.3 Å². The molecule has 0 saturated carbocycles. The summed E-state index contributed by atoms with van der Waals surface area (Å²) >= 11 is -1.22. The standard InChI is InChI=1S/C25H35N3O3S/c1-17(2)16-25(5,6)32(31)28-22(18(3)4)19-12-14-21(15-13-19)24(30)27-26-23(29)20-10-8-7-9-11-20/h7-15,17-18,22,28H,16H2,1-6H3,(H,26,29)(H,27,30)/t22-,32?/m0/s1. The third-order valence-electron chi connectivity index (χ3n) is 5.16. The van der Waals surface area contributed by atoms with Crippen molar-refractivity contribution in [3.63, 3.8) is 0 Å². The summed E-state index contributed by atoms with van der Waals surface area (Å²) in [6.07, 6.45) is 0.852. The van der Waals surface area contributed by atoms with Crippen molar-refractivity contribution in [2.45, 2.75) is 58.8 Å². The van der Waals surface area contributed by atoms with Crippen molar-refractivity contribution in [1.82, 2.24) is 15.6 Å². The van der Waals surface area contributed by atoms with Gasteiger partial charge < -0.3 is 4.55 Å². The molecule has 2 aromatic rings. The first-order valence-corrected chi connectivity index (χ1v) is 12.1. The Hall–Kier alpha value is -2.35. The van der Waals surface area contributed by atoms with Gasteiger partial charge in [-0.05, 0) is 55.5 Å². The Morgan fingerprint density at radius 3 is 1.84 bits per heavy atom. The number of hydrogen-bond donors (Lipinski definition) is 3. The molecule has 2 rings (SSSR count). The van der Waals surface area contributed by atoms with Gasteiger partial charge in [0.1, 0.15) is 4.75 Å². The summed E-state index contributed by atoms with van der Waals surface area (Å²) in [5.41, 5.74) is 6.70. The van der Waals surface area contributed by atoms with Crippen molar-refractivity contribution in [3.05, 3.63) is 71.3 Å². The molecular formula is C25H35N3O3S. The van der Waals surface area contributed by atoms with Crippen LogP contribution in [0.4, 0.5) is 0 Å². The van der Waals surface area contributed by atoms with Gasteiger partial charge in [0.25, 0.3) is 11.8 Å². The molecule has 7 heteroatoms. The first kappa shape index (κ1) is 25.9.